The molecule has 0 saturated heterocycles. The average molecular weight is 546 g/mol. The molecular formula is C30H35N5O5. The minimum absolute atomic E-state index is 0.167. The predicted molar refractivity (Wildman–Crippen MR) is 150 cm³/mol. The normalized spacial score (nSPS) is 13.4. The molecule has 40 heavy (non-hydrogen) atoms. The van der Waals surface area contributed by atoms with Crippen LogP contribution in [-0.4, -0.2) is 37.4 Å². The van der Waals surface area contributed by atoms with Gasteiger partial charge in [0.25, 0.3) is 0 Å². The number of aliphatic hydroxyl groups is 1. The van der Waals surface area contributed by atoms with Crippen LogP contribution in [0.1, 0.15) is 72.8 Å². The predicted octanol–water partition coefficient (Wildman–Crippen LogP) is 4.16. The molecule has 4 aromatic rings. The molecule has 2 N–H and O–H groups in total. The fourth-order valence-electron chi connectivity index (χ4n) is 5.57. The van der Waals surface area contributed by atoms with E-state index in [0.717, 1.165) is 46.7 Å². The van der Waals surface area contributed by atoms with Gasteiger partial charge in [-0.05, 0) is 61.4 Å². The van der Waals surface area contributed by atoms with E-state index in [0.29, 0.717) is 44.2 Å². The Morgan fingerprint density at radius 1 is 1.10 bits per heavy atom. The lowest BCUT2D eigenvalue weighted by Gasteiger charge is -2.26. The number of anilines is 2. The van der Waals surface area contributed by atoms with Gasteiger partial charge in [0.1, 0.15) is 11.7 Å². The number of aliphatic hydroxyl groups excluding tert-OH is 1. The molecule has 0 amide bonds. The molecule has 1 aliphatic rings. The first-order valence-corrected chi connectivity index (χ1v) is 13.8. The van der Waals surface area contributed by atoms with Gasteiger partial charge in [-0.2, -0.15) is 0 Å². The summed E-state index contributed by atoms with van der Waals surface area (Å²) in [5.74, 6) is -0.320. The summed E-state index contributed by atoms with van der Waals surface area (Å²) in [7, 11) is 0. The van der Waals surface area contributed by atoms with E-state index in [1.54, 1.807) is 6.92 Å². The van der Waals surface area contributed by atoms with E-state index < -0.39 is 11.7 Å². The topological polar surface area (TPSA) is 126 Å². The second-order valence-electron chi connectivity index (χ2n) is 9.89. The van der Waals surface area contributed by atoms with Crippen molar-refractivity contribution in [1.82, 2.24) is 19.7 Å². The lowest BCUT2D eigenvalue weighted by atomic mass is 10.0. The van der Waals surface area contributed by atoms with Crippen LogP contribution in [0.2, 0.25) is 0 Å². The molecule has 2 aromatic carbocycles. The minimum Gasteiger partial charge on any atom is -0.465 e. The van der Waals surface area contributed by atoms with E-state index in [-0.39, 0.29) is 12.6 Å². The van der Waals surface area contributed by atoms with Crippen molar-refractivity contribution in [3.8, 4) is 0 Å². The van der Waals surface area contributed by atoms with Crippen molar-refractivity contribution in [2.75, 3.05) is 11.5 Å². The molecule has 1 aliphatic heterocycles. The number of aromatic amines is 1. The summed E-state index contributed by atoms with van der Waals surface area (Å²) in [6.07, 6.45) is 2.88. The van der Waals surface area contributed by atoms with Crippen molar-refractivity contribution in [3.05, 3.63) is 92.7 Å². The first-order valence-electron chi connectivity index (χ1n) is 13.8. The fourth-order valence-corrected chi connectivity index (χ4v) is 5.57. The lowest BCUT2D eigenvalue weighted by Crippen LogP contribution is -2.21. The number of fused-ring (bicyclic) bond motifs is 2. The number of rotatable bonds is 10. The fraction of sp³-hybridized carbons (Fsp3) is 0.400. The molecule has 0 fully saturated rings. The van der Waals surface area contributed by atoms with Crippen LogP contribution >= 0.6 is 0 Å². The number of carbonyl (C=O) groups excluding carboxylic acids is 1. The maximum atomic E-state index is 12.8. The number of para-hydroxylation sites is 1. The van der Waals surface area contributed by atoms with E-state index in [9.17, 15) is 14.7 Å². The number of hydrogen-bond acceptors (Lipinski definition) is 8. The highest BCUT2D eigenvalue weighted by atomic mass is 16.5. The summed E-state index contributed by atoms with van der Waals surface area (Å²) in [4.78, 5) is 34.1. The third-order valence-corrected chi connectivity index (χ3v) is 7.48. The summed E-state index contributed by atoms with van der Waals surface area (Å²) in [6.45, 7) is 6.69. The van der Waals surface area contributed by atoms with Gasteiger partial charge in [0.05, 0.1) is 31.1 Å². The van der Waals surface area contributed by atoms with E-state index in [4.69, 9.17) is 14.2 Å². The minimum atomic E-state index is -0.579. The Hall–Kier alpha value is -4.18. The number of aromatic nitrogens is 4. The second-order valence-corrected chi connectivity index (χ2v) is 9.89. The highest BCUT2D eigenvalue weighted by molar-refractivity contribution is 5.77. The van der Waals surface area contributed by atoms with Gasteiger partial charge in [-0.3, -0.25) is 14.3 Å². The molecule has 10 heteroatoms. The molecule has 0 spiro atoms. The van der Waals surface area contributed by atoms with Crippen molar-refractivity contribution >= 4 is 17.3 Å². The summed E-state index contributed by atoms with van der Waals surface area (Å²) < 4.78 is 12.1. The van der Waals surface area contributed by atoms with Crippen molar-refractivity contribution in [3.63, 3.8) is 0 Å². The Kier molecular flexibility index (Phi) is 8.16. The number of H-pyrrole nitrogens is 1. The second kappa shape index (κ2) is 11.9. The Bertz CT molecular complexity index is 1550. The number of nitrogens with one attached hydrogen (secondary N) is 1. The smallest absolute Gasteiger partial charge is 0.438 e. The quantitative estimate of drug-likeness (QED) is 0.285. The van der Waals surface area contributed by atoms with Crippen LogP contribution in [0.5, 0.6) is 0 Å². The molecule has 1 unspecified atom stereocenters. The number of hydrogen-bond donors (Lipinski definition) is 2. The molecule has 5 rings (SSSR count). The van der Waals surface area contributed by atoms with Gasteiger partial charge in [0.2, 0.25) is 0 Å². The first-order chi connectivity index (χ1) is 19.5. The Morgan fingerprint density at radius 2 is 1.88 bits per heavy atom. The Morgan fingerprint density at radius 3 is 2.58 bits per heavy atom. The van der Waals surface area contributed by atoms with Crippen molar-refractivity contribution in [2.24, 2.45) is 0 Å². The van der Waals surface area contributed by atoms with E-state index in [1.165, 1.54) is 5.56 Å². The SMILES string of the molecule is CCOC(=O)C(CC)c1nc(CC)c(CO)n1Cc1ccc2c(c1)CCc1ccccc1N2Cc1noc(=O)[nH]1. The molecule has 1 atom stereocenters. The molecule has 0 aliphatic carbocycles. The molecule has 210 valence electrons. The number of benzene rings is 2. The van der Waals surface area contributed by atoms with E-state index in [1.807, 2.05) is 30.5 Å². The third-order valence-electron chi connectivity index (χ3n) is 7.48. The highest BCUT2D eigenvalue weighted by Gasteiger charge is 2.29. The van der Waals surface area contributed by atoms with Gasteiger partial charge in [-0.1, -0.05) is 49.3 Å². The van der Waals surface area contributed by atoms with Crippen LogP contribution in [0.25, 0.3) is 0 Å². The monoisotopic (exact) mass is 545 g/mol. The zero-order valence-electron chi connectivity index (χ0n) is 23.1. The van der Waals surface area contributed by atoms with Gasteiger partial charge in [0, 0.05) is 17.9 Å². The summed E-state index contributed by atoms with van der Waals surface area (Å²) >= 11 is 0. The van der Waals surface area contributed by atoms with Crippen LogP contribution in [0.4, 0.5) is 11.4 Å². The third kappa shape index (κ3) is 5.31. The lowest BCUT2D eigenvalue weighted by molar-refractivity contribution is -0.145. The van der Waals surface area contributed by atoms with E-state index in [2.05, 4.69) is 45.4 Å². The zero-order valence-corrected chi connectivity index (χ0v) is 23.1. The standard InChI is InChI=1S/C30H35N5O5/c1-4-22(29(37)39-6-3)28-31-23(5-2)26(18-36)35(28)16-19-11-14-25-21(15-19)13-12-20-9-7-8-10-24(20)34(25)17-27-32-30(38)40-33-27/h7-11,14-15,22,36H,4-6,12-13,16-18H2,1-3H3,(H,32,33,38). The van der Waals surface area contributed by atoms with Crippen LogP contribution < -0.4 is 10.7 Å². The van der Waals surface area contributed by atoms with Gasteiger partial charge in [-0.25, -0.2) is 9.78 Å². The number of nitrogens with zero attached hydrogens (tertiary/aromatic N) is 4. The first kappa shape index (κ1) is 27.4. The summed E-state index contributed by atoms with van der Waals surface area (Å²) in [5, 5.41) is 14.2. The summed E-state index contributed by atoms with van der Waals surface area (Å²) in [5.41, 5.74) is 6.99. The number of esters is 1. The molecule has 0 saturated carbocycles. The number of aryl methyl sites for hydroxylation is 3. The average Bonchev–Trinajstić information content (AvgIpc) is 3.49. The van der Waals surface area contributed by atoms with Crippen molar-refractivity contribution in [2.45, 2.75) is 72.1 Å². The number of imidazole rings is 1. The number of carbonyl (C=O) groups is 1. The maximum Gasteiger partial charge on any atom is 0.438 e. The summed E-state index contributed by atoms with van der Waals surface area (Å²) in [6, 6.07) is 14.6. The van der Waals surface area contributed by atoms with E-state index >= 15 is 0 Å². The largest absolute Gasteiger partial charge is 0.465 e. The molecule has 3 heterocycles. The van der Waals surface area contributed by atoms with Crippen molar-refractivity contribution in [1.29, 1.82) is 0 Å². The highest BCUT2D eigenvalue weighted by Crippen LogP contribution is 2.37. The Labute approximate surface area is 232 Å². The molecule has 10 nitrogen and oxygen atoms in total. The number of ether oxygens (including phenoxy) is 1. The van der Waals surface area contributed by atoms with Gasteiger partial charge >= 0.3 is 11.7 Å². The molecule has 0 radical (unpaired) electrons. The van der Waals surface area contributed by atoms with Crippen LogP contribution in [0.15, 0.2) is 51.8 Å². The molecule has 0 bridgehead atoms. The van der Waals surface area contributed by atoms with Crippen molar-refractivity contribution < 1.29 is 19.2 Å². The Balaban J connectivity index is 1.54. The zero-order chi connectivity index (χ0) is 28.2. The van der Waals surface area contributed by atoms with Crippen LogP contribution in [0, 0.1) is 0 Å². The van der Waals surface area contributed by atoms with Crippen LogP contribution in [-0.2, 0) is 48.5 Å². The molecule has 2 aromatic heterocycles. The maximum absolute atomic E-state index is 12.8. The van der Waals surface area contributed by atoms with Crippen LogP contribution in [0.3, 0.4) is 0 Å². The van der Waals surface area contributed by atoms with Gasteiger partial charge in [-0.15, -0.1) is 0 Å². The molecular weight excluding hydrogens is 510 g/mol. The van der Waals surface area contributed by atoms with Gasteiger partial charge < -0.3 is 19.3 Å². The van der Waals surface area contributed by atoms with Gasteiger partial charge in [0.15, 0.2) is 5.82 Å².